The Morgan fingerprint density at radius 1 is 1.73 bits per heavy atom. The van der Waals surface area contributed by atoms with Gasteiger partial charge < -0.3 is 0 Å². The van der Waals surface area contributed by atoms with E-state index in [1.54, 1.807) is 6.08 Å². The van der Waals surface area contributed by atoms with Crippen molar-refractivity contribution >= 4 is 0 Å². The lowest BCUT2D eigenvalue weighted by Crippen LogP contribution is -2.33. The van der Waals surface area contributed by atoms with Gasteiger partial charge in [-0.3, -0.25) is 19.4 Å². The second-order valence-electron chi connectivity index (χ2n) is 1.86. The Hall–Kier alpha value is -1.65. The number of aromatic amines is 1. The summed E-state index contributed by atoms with van der Waals surface area (Å²) in [5.74, 6) is 0. The number of hydrogen-bond donors (Lipinski definition) is 1. The lowest BCUT2D eigenvalue weighted by atomic mass is 10.6. The molecular weight excluding hydrogens is 146 g/mol. The van der Waals surface area contributed by atoms with Crippen molar-refractivity contribution < 1.29 is 0 Å². The SMILES string of the molecule is C=CCn1[c]nc(=O)c(=O)[nH]1. The Kier molecular flexibility index (Phi) is 2.00. The third-order valence-electron chi connectivity index (χ3n) is 1.01. The van der Waals surface area contributed by atoms with Gasteiger partial charge in [0.15, 0.2) is 6.33 Å². The third kappa shape index (κ3) is 1.64. The monoisotopic (exact) mass is 152 g/mol. The van der Waals surface area contributed by atoms with Crippen LogP contribution in [0.3, 0.4) is 0 Å². The molecule has 1 N–H and O–H groups in total. The van der Waals surface area contributed by atoms with Crippen molar-refractivity contribution in [3.05, 3.63) is 39.7 Å². The van der Waals surface area contributed by atoms with Gasteiger partial charge in [-0.25, -0.2) is 0 Å². The highest BCUT2D eigenvalue weighted by atomic mass is 16.2. The Morgan fingerprint density at radius 3 is 3.00 bits per heavy atom. The Labute approximate surface area is 62.0 Å². The summed E-state index contributed by atoms with van der Waals surface area (Å²) in [7, 11) is 0. The molecule has 57 valence electrons. The third-order valence-corrected chi connectivity index (χ3v) is 1.01. The summed E-state index contributed by atoms with van der Waals surface area (Å²) < 4.78 is 1.25. The number of allylic oxidation sites excluding steroid dienone is 1. The maximum absolute atomic E-state index is 10.6. The molecule has 0 aliphatic heterocycles. The molecule has 0 bridgehead atoms. The van der Waals surface area contributed by atoms with Crippen molar-refractivity contribution in [2.45, 2.75) is 6.54 Å². The molecule has 0 unspecified atom stereocenters. The van der Waals surface area contributed by atoms with E-state index < -0.39 is 11.1 Å². The highest BCUT2D eigenvalue weighted by molar-refractivity contribution is 4.72. The second-order valence-corrected chi connectivity index (χ2v) is 1.86. The number of hydrogen-bond acceptors (Lipinski definition) is 3. The first-order chi connectivity index (χ1) is 5.24. The van der Waals surface area contributed by atoms with Gasteiger partial charge in [-0.1, -0.05) is 6.08 Å². The van der Waals surface area contributed by atoms with Crippen LogP contribution in [-0.4, -0.2) is 14.8 Å². The molecule has 0 atom stereocenters. The van der Waals surface area contributed by atoms with Gasteiger partial charge in [0.1, 0.15) is 0 Å². The van der Waals surface area contributed by atoms with Crippen LogP contribution in [0.5, 0.6) is 0 Å². The zero-order chi connectivity index (χ0) is 8.27. The van der Waals surface area contributed by atoms with E-state index in [4.69, 9.17) is 0 Å². The van der Waals surface area contributed by atoms with E-state index in [1.165, 1.54) is 4.68 Å². The average molecular weight is 152 g/mol. The van der Waals surface area contributed by atoms with E-state index >= 15 is 0 Å². The van der Waals surface area contributed by atoms with E-state index in [-0.39, 0.29) is 0 Å². The molecule has 1 radical (unpaired) electrons. The van der Waals surface area contributed by atoms with E-state index in [9.17, 15) is 9.59 Å². The van der Waals surface area contributed by atoms with Gasteiger partial charge in [-0.2, -0.15) is 4.98 Å². The standard InChI is InChI=1S/C6H6N3O2/c1-2-3-9-4-7-5(10)6(11)8-9/h2H,1,3H2,(H,8,11). The summed E-state index contributed by atoms with van der Waals surface area (Å²) in [5.41, 5.74) is -1.57. The smallest absolute Gasteiger partial charge is 0.262 e. The largest absolute Gasteiger partial charge is 0.338 e. The number of nitrogens with zero attached hydrogens (tertiary/aromatic N) is 2. The summed E-state index contributed by atoms with van der Waals surface area (Å²) in [5, 5.41) is 2.24. The van der Waals surface area contributed by atoms with Crippen LogP contribution in [0.2, 0.25) is 0 Å². The summed E-state index contributed by atoms with van der Waals surface area (Å²) >= 11 is 0. The number of H-pyrrole nitrogens is 1. The molecule has 11 heavy (non-hydrogen) atoms. The first-order valence-electron chi connectivity index (χ1n) is 2.94. The molecule has 5 heteroatoms. The van der Waals surface area contributed by atoms with Crippen LogP contribution in [-0.2, 0) is 6.54 Å². The van der Waals surface area contributed by atoms with Crippen molar-refractivity contribution in [2.24, 2.45) is 0 Å². The summed E-state index contributed by atoms with van der Waals surface area (Å²) in [6, 6.07) is 0. The van der Waals surface area contributed by atoms with Crippen LogP contribution in [0.4, 0.5) is 0 Å². The minimum atomic E-state index is -0.828. The molecule has 0 saturated heterocycles. The average Bonchev–Trinajstić information content (AvgIpc) is 1.98. The molecule has 1 heterocycles. The predicted octanol–water partition coefficient (Wildman–Crippen LogP) is -1.08. The molecule has 0 spiro atoms. The molecule has 1 aromatic heterocycles. The fraction of sp³-hybridized carbons (Fsp3) is 0.167. The highest BCUT2D eigenvalue weighted by Crippen LogP contribution is 1.71. The van der Waals surface area contributed by atoms with Crippen LogP contribution >= 0.6 is 0 Å². The normalized spacial score (nSPS) is 9.45. The van der Waals surface area contributed by atoms with Crippen molar-refractivity contribution in [3.8, 4) is 0 Å². The summed E-state index contributed by atoms with van der Waals surface area (Å²) in [6.07, 6.45) is 3.86. The van der Waals surface area contributed by atoms with Gasteiger partial charge in [-0.15, -0.1) is 6.58 Å². The number of nitrogens with one attached hydrogen (secondary N) is 1. The van der Waals surface area contributed by atoms with Gasteiger partial charge >= 0.3 is 11.1 Å². The molecular formula is C6H6N3O2. The fourth-order valence-corrected chi connectivity index (χ4v) is 0.568. The number of rotatable bonds is 2. The Morgan fingerprint density at radius 2 is 2.45 bits per heavy atom. The minimum absolute atomic E-state index is 0.377. The van der Waals surface area contributed by atoms with Gasteiger partial charge in [0.25, 0.3) is 0 Å². The van der Waals surface area contributed by atoms with Crippen molar-refractivity contribution in [1.29, 1.82) is 0 Å². The molecule has 5 nitrogen and oxygen atoms in total. The first kappa shape index (κ1) is 7.46. The molecule has 0 saturated carbocycles. The van der Waals surface area contributed by atoms with E-state index in [2.05, 4.69) is 23.0 Å². The predicted molar refractivity (Wildman–Crippen MR) is 38.2 cm³/mol. The minimum Gasteiger partial charge on any atom is -0.262 e. The van der Waals surface area contributed by atoms with Crippen LogP contribution in [0, 0.1) is 6.33 Å². The zero-order valence-corrected chi connectivity index (χ0v) is 5.70. The van der Waals surface area contributed by atoms with Crippen molar-refractivity contribution in [1.82, 2.24) is 14.8 Å². The number of aromatic nitrogens is 3. The van der Waals surface area contributed by atoms with Gasteiger partial charge in [0, 0.05) is 0 Å². The fourth-order valence-electron chi connectivity index (χ4n) is 0.568. The maximum Gasteiger partial charge on any atom is 0.338 e. The quantitative estimate of drug-likeness (QED) is 0.433. The Balaban J connectivity index is 3.15. The van der Waals surface area contributed by atoms with E-state index in [0.717, 1.165) is 0 Å². The molecule has 0 amide bonds. The highest BCUT2D eigenvalue weighted by Gasteiger charge is 1.93. The van der Waals surface area contributed by atoms with Gasteiger partial charge in [0.05, 0.1) is 6.54 Å². The van der Waals surface area contributed by atoms with E-state index in [0.29, 0.717) is 6.54 Å². The first-order valence-corrected chi connectivity index (χ1v) is 2.94. The van der Waals surface area contributed by atoms with E-state index in [1.807, 2.05) is 0 Å². The van der Waals surface area contributed by atoms with Crippen molar-refractivity contribution in [3.63, 3.8) is 0 Å². The molecule has 0 aliphatic rings. The Bertz CT molecular complexity index is 363. The molecule has 0 aliphatic carbocycles. The topological polar surface area (TPSA) is 67.8 Å². The van der Waals surface area contributed by atoms with Crippen LogP contribution < -0.4 is 11.1 Å². The van der Waals surface area contributed by atoms with Gasteiger partial charge in [-0.05, 0) is 0 Å². The maximum atomic E-state index is 10.6. The molecule has 1 aromatic rings. The van der Waals surface area contributed by atoms with Crippen LogP contribution in [0.15, 0.2) is 22.2 Å². The second kappa shape index (κ2) is 2.96. The zero-order valence-electron chi connectivity index (χ0n) is 5.70. The van der Waals surface area contributed by atoms with Crippen LogP contribution in [0.25, 0.3) is 0 Å². The molecule has 0 fully saturated rings. The summed E-state index contributed by atoms with van der Waals surface area (Å²) in [4.78, 5) is 24.2. The van der Waals surface area contributed by atoms with Gasteiger partial charge in [0.2, 0.25) is 0 Å². The molecule has 1 rings (SSSR count). The lowest BCUT2D eigenvalue weighted by Gasteiger charge is -1.96. The molecule has 0 aromatic carbocycles. The summed E-state index contributed by atoms with van der Waals surface area (Å²) in [6.45, 7) is 3.82. The lowest BCUT2D eigenvalue weighted by molar-refractivity contribution is 0.629. The van der Waals surface area contributed by atoms with Crippen LogP contribution in [0.1, 0.15) is 0 Å². The van der Waals surface area contributed by atoms with Crippen molar-refractivity contribution in [2.75, 3.05) is 0 Å².